The zero-order valence-corrected chi connectivity index (χ0v) is 12.7. The average molecular weight is 302 g/mol. The predicted molar refractivity (Wildman–Crippen MR) is 77.0 cm³/mol. The lowest BCUT2D eigenvalue weighted by Crippen LogP contribution is -2.33. The van der Waals surface area contributed by atoms with E-state index in [1.807, 2.05) is 20.8 Å². The van der Waals surface area contributed by atoms with E-state index in [4.69, 9.17) is 16.3 Å². The molecule has 0 saturated heterocycles. The fourth-order valence-electron chi connectivity index (χ4n) is 1.34. The monoisotopic (exact) mass is 301 g/mol. The molecule has 1 aromatic rings. The number of hydrogen-bond acceptors (Lipinski definition) is 6. The third kappa shape index (κ3) is 6.01. The van der Waals surface area contributed by atoms with E-state index in [-0.39, 0.29) is 23.2 Å². The van der Waals surface area contributed by atoms with Crippen LogP contribution in [0.15, 0.2) is 0 Å². The Morgan fingerprint density at radius 1 is 1.35 bits per heavy atom. The van der Waals surface area contributed by atoms with E-state index in [1.54, 1.807) is 0 Å². The Labute approximate surface area is 123 Å². The van der Waals surface area contributed by atoms with Crippen LogP contribution in [0.4, 0.5) is 5.95 Å². The molecule has 2 N–H and O–H groups in total. The van der Waals surface area contributed by atoms with Crippen molar-refractivity contribution in [3.63, 3.8) is 0 Å². The van der Waals surface area contributed by atoms with Crippen molar-refractivity contribution >= 4 is 23.5 Å². The Balaban J connectivity index is 2.43. The SMILES string of the molecule is CCOc1nc(Cl)nc(NCCC(=O)NC(C)CC)n1. The number of ether oxygens (including phenoxy) is 1. The summed E-state index contributed by atoms with van der Waals surface area (Å²) in [5, 5.41) is 5.85. The fraction of sp³-hybridized carbons (Fsp3) is 0.667. The first-order valence-corrected chi connectivity index (χ1v) is 7.00. The van der Waals surface area contributed by atoms with Crippen molar-refractivity contribution in [3.8, 4) is 6.01 Å². The van der Waals surface area contributed by atoms with Gasteiger partial charge in [0, 0.05) is 19.0 Å². The van der Waals surface area contributed by atoms with Gasteiger partial charge < -0.3 is 15.4 Å². The summed E-state index contributed by atoms with van der Waals surface area (Å²) < 4.78 is 5.16. The molecular weight excluding hydrogens is 282 g/mol. The van der Waals surface area contributed by atoms with E-state index in [2.05, 4.69) is 25.6 Å². The molecule has 0 aliphatic carbocycles. The van der Waals surface area contributed by atoms with Gasteiger partial charge in [-0.1, -0.05) is 6.92 Å². The second-order valence-corrected chi connectivity index (χ2v) is 4.54. The third-order valence-corrected chi connectivity index (χ3v) is 2.69. The molecule has 0 aliphatic heterocycles. The summed E-state index contributed by atoms with van der Waals surface area (Å²) in [6.45, 7) is 6.66. The lowest BCUT2D eigenvalue weighted by Gasteiger charge is -2.11. The van der Waals surface area contributed by atoms with E-state index in [1.165, 1.54) is 0 Å². The fourth-order valence-corrected chi connectivity index (χ4v) is 1.49. The van der Waals surface area contributed by atoms with E-state index < -0.39 is 0 Å². The van der Waals surface area contributed by atoms with Gasteiger partial charge in [-0.15, -0.1) is 0 Å². The number of nitrogens with zero attached hydrogens (tertiary/aromatic N) is 3. The molecule has 0 saturated carbocycles. The summed E-state index contributed by atoms with van der Waals surface area (Å²) in [4.78, 5) is 23.3. The second-order valence-electron chi connectivity index (χ2n) is 4.20. The van der Waals surface area contributed by atoms with Crippen LogP contribution < -0.4 is 15.4 Å². The lowest BCUT2D eigenvalue weighted by atomic mass is 10.2. The molecule has 112 valence electrons. The Hall–Kier alpha value is -1.63. The number of carbonyl (C=O) groups excluding carboxylic acids is 1. The highest BCUT2D eigenvalue weighted by atomic mass is 35.5. The molecule has 7 nitrogen and oxygen atoms in total. The molecule has 1 aromatic heterocycles. The summed E-state index contributed by atoms with van der Waals surface area (Å²) in [5.74, 6) is 0.279. The molecular formula is C12H20ClN5O2. The Bertz CT molecular complexity index is 444. The number of hydrogen-bond donors (Lipinski definition) is 2. The molecule has 0 bridgehead atoms. The smallest absolute Gasteiger partial charge is 0.322 e. The molecule has 1 unspecified atom stereocenters. The van der Waals surface area contributed by atoms with Gasteiger partial charge in [0.25, 0.3) is 0 Å². The second kappa shape index (κ2) is 8.52. The van der Waals surface area contributed by atoms with E-state index in [9.17, 15) is 4.79 Å². The standard InChI is InChI=1S/C12H20ClN5O2/c1-4-8(3)15-9(19)6-7-14-11-16-10(13)17-12(18-11)20-5-2/h8H,4-7H2,1-3H3,(H,15,19)(H,14,16,17,18). The normalized spacial score (nSPS) is 11.8. The van der Waals surface area contributed by atoms with Crippen LogP contribution in [0.2, 0.25) is 5.28 Å². The van der Waals surface area contributed by atoms with Gasteiger partial charge in [0.1, 0.15) is 0 Å². The van der Waals surface area contributed by atoms with Gasteiger partial charge in [0.15, 0.2) is 0 Å². The molecule has 0 aromatic carbocycles. The highest BCUT2D eigenvalue weighted by Gasteiger charge is 2.08. The summed E-state index contributed by atoms with van der Waals surface area (Å²) in [5.41, 5.74) is 0. The van der Waals surface area contributed by atoms with E-state index in [0.29, 0.717) is 25.5 Å². The van der Waals surface area contributed by atoms with Crippen molar-refractivity contribution in [1.82, 2.24) is 20.3 Å². The third-order valence-electron chi connectivity index (χ3n) is 2.52. The largest absolute Gasteiger partial charge is 0.464 e. The molecule has 0 fully saturated rings. The summed E-state index contributed by atoms with van der Waals surface area (Å²) >= 11 is 5.75. The van der Waals surface area contributed by atoms with Gasteiger partial charge >= 0.3 is 6.01 Å². The van der Waals surface area contributed by atoms with Crippen LogP contribution in [0.1, 0.15) is 33.6 Å². The van der Waals surface area contributed by atoms with Crippen LogP contribution in [-0.2, 0) is 4.79 Å². The molecule has 1 heterocycles. The number of aromatic nitrogens is 3. The molecule has 8 heteroatoms. The Morgan fingerprint density at radius 3 is 2.75 bits per heavy atom. The minimum atomic E-state index is -0.0166. The van der Waals surface area contributed by atoms with Crippen molar-refractivity contribution in [2.75, 3.05) is 18.5 Å². The molecule has 1 amide bonds. The number of amides is 1. The van der Waals surface area contributed by atoms with Crippen LogP contribution in [0.3, 0.4) is 0 Å². The molecule has 0 aliphatic rings. The minimum Gasteiger partial charge on any atom is -0.464 e. The summed E-state index contributed by atoms with van der Waals surface area (Å²) in [6.07, 6.45) is 1.23. The number of halogens is 1. The number of rotatable bonds is 8. The molecule has 1 rings (SSSR count). The molecule has 1 atom stereocenters. The maximum absolute atomic E-state index is 11.6. The molecule has 0 spiro atoms. The average Bonchev–Trinajstić information content (AvgIpc) is 2.38. The Kier molecular flexibility index (Phi) is 7.00. The van der Waals surface area contributed by atoms with Crippen molar-refractivity contribution in [1.29, 1.82) is 0 Å². The maximum atomic E-state index is 11.6. The van der Waals surface area contributed by atoms with Crippen molar-refractivity contribution < 1.29 is 9.53 Å². The molecule has 0 radical (unpaired) electrons. The van der Waals surface area contributed by atoms with Gasteiger partial charge in [-0.2, -0.15) is 15.0 Å². The first-order valence-electron chi connectivity index (χ1n) is 6.62. The zero-order valence-electron chi connectivity index (χ0n) is 11.9. The van der Waals surface area contributed by atoms with E-state index >= 15 is 0 Å². The van der Waals surface area contributed by atoms with Gasteiger partial charge in [-0.3, -0.25) is 4.79 Å². The van der Waals surface area contributed by atoms with Crippen LogP contribution in [-0.4, -0.2) is 40.1 Å². The van der Waals surface area contributed by atoms with Gasteiger partial charge in [0.2, 0.25) is 17.1 Å². The van der Waals surface area contributed by atoms with Gasteiger partial charge in [0.05, 0.1) is 6.61 Å². The van der Waals surface area contributed by atoms with Crippen LogP contribution in [0.5, 0.6) is 6.01 Å². The van der Waals surface area contributed by atoms with E-state index in [0.717, 1.165) is 6.42 Å². The number of anilines is 1. The van der Waals surface area contributed by atoms with Crippen LogP contribution in [0, 0.1) is 0 Å². The highest BCUT2D eigenvalue weighted by Crippen LogP contribution is 2.11. The van der Waals surface area contributed by atoms with Crippen molar-refractivity contribution in [2.45, 2.75) is 39.7 Å². The first kappa shape index (κ1) is 16.4. The minimum absolute atomic E-state index is 0.0166. The van der Waals surface area contributed by atoms with Crippen LogP contribution >= 0.6 is 11.6 Å². The topological polar surface area (TPSA) is 89.0 Å². The number of carbonyl (C=O) groups is 1. The van der Waals surface area contributed by atoms with Crippen LogP contribution in [0.25, 0.3) is 0 Å². The van der Waals surface area contributed by atoms with Crippen molar-refractivity contribution in [3.05, 3.63) is 5.28 Å². The first-order chi connectivity index (χ1) is 9.55. The Morgan fingerprint density at radius 2 is 2.10 bits per heavy atom. The van der Waals surface area contributed by atoms with Crippen molar-refractivity contribution in [2.24, 2.45) is 0 Å². The summed E-state index contributed by atoms with van der Waals surface area (Å²) in [7, 11) is 0. The molecule has 20 heavy (non-hydrogen) atoms. The summed E-state index contributed by atoms with van der Waals surface area (Å²) in [6, 6.07) is 0.345. The number of nitrogens with one attached hydrogen (secondary N) is 2. The van der Waals surface area contributed by atoms with Gasteiger partial charge in [-0.05, 0) is 31.9 Å². The van der Waals surface area contributed by atoms with Gasteiger partial charge in [-0.25, -0.2) is 0 Å². The maximum Gasteiger partial charge on any atom is 0.322 e. The highest BCUT2D eigenvalue weighted by molar-refractivity contribution is 6.28. The lowest BCUT2D eigenvalue weighted by molar-refractivity contribution is -0.121. The zero-order chi connectivity index (χ0) is 15.0. The quantitative estimate of drug-likeness (QED) is 0.759. The predicted octanol–water partition coefficient (Wildman–Crippen LogP) is 1.64.